The molecule has 2 N–H and O–H groups in total. The average Bonchev–Trinajstić information content (AvgIpc) is 2.42. The Labute approximate surface area is 122 Å². The number of benzene rings is 1. The summed E-state index contributed by atoms with van der Waals surface area (Å²) in [4.78, 5) is 15.2. The molecule has 0 fully saturated rings. The lowest BCUT2D eigenvalue weighted by Gasteiger charge is -2.14. The second-order valence-electron chi connectivity index (χ2n) is 4.44. The first-order chi connectivity index (χ1) is 9.52. The summed E-state index contributed by atoms with van der Waals surface area (Å²) in [5, 5.41) is 12.4. The van der Waals surface area contributed by atoms with E-state index in [2.05, 4.69) is 17.2 Å². The summed E-state index contributed by atoms with van der Waals surface area (Å²) in [5.41, 5.74) is 3.23. The van der Waals surface area contributed by atoms with Crippen LogP contribution in [-0.2, 0) is 6.42 Å². The van der Waals surface area contributed by atoms with Crippen molar-refractivity contribution in [1.82, 2.24) is 4.98 Å². The predicted octanol–water partition coefficient (Wildman–Crippen LogP) is 4.05. The largest absolute Gasteiger partial charge is 0.478 e. The molecular weight excluding hydrogens is 276 g/mol. The Morgan fingerprint density at radius 2 is 2.20 bits per heavy atom. The molecule has 0 atom stereocenters. The Morgan fingerprint density at radius 1 is 1.45 bits per heavy atom. The summed E-state index contributed by atoms with van der Waals surface area (Å²) in [7, 11) is 0. The van der Waals surface area contributed by atoms with Crippen LogP contribution in [0.3, 0.4) is 0 Å². The summed E-state index contributed by atoms with van der Waals surface area (Å²) in [6.07, 6.45) is 2.22. The molecule has 0 amide bonds. The Hall–Kier alpha value is -2.07. The molecule has 1 aromatic carbocycles. The zero-order chi connectivity index (χ0) is 14.7. The van der Waals surface area contributed by atoms with E-state index in [4.69, 9.17) is 16.7 Å². The number of carboxylic acids is 1. The fraction of sp³-hybridized carbons (Fsp3) is 0.200. The van der Waals surface area contributed by atoms with Crippen LogP contribution in [0.1, 0.15) is 28.4 Å². The normalized spacial score (nSPS) is 10.3. The summed E-state index contributed by atoms with van der Waals surface area (Å²) in [5.74, 6) is -0.600. The highest BCUT2D eigenvalue weighted by molar-refractivity contribution is 6.33. The summed E-state index contributed by atoms with van der Waals surface area (Å²) < 4.78 is 0. The molecule has 0 unspecified atom stereocenters. The number of rotatable bonds is 4. The Balaban J connectivity index is 2.40. The fourth-order valence-electron chi connectivity index (χ4n) is 2.00. The van der Waals surface area contributed by atoms with Gasteiger partial charge in [0.2, 0.25) is 0 Å². The molecule has 20 heavy (non-hydrogen) atoms. The van der Waals surface area contributed by atoms with Crippen molar-refractivity contribution >= 4 is 29.1 Å². The molecule has 0 aliphatic rings. The molecule has 1 aromatic heterocycles. The minimum atomic E-state index is -1.07. The minimum Gasteiger partial charge on any atom is -0.478 e. The van der Waals surface area contributed by atoms with Gasteiger partial charge in [0.05, 0.1) is 10.6 Å². The van der Waals surface area contributed by atoms with Crippen LogP contribution in [0.2, 0.25) is 5.02 Å². The van der Waals surface area contributed by atoms with Crippen LogP contribution in [0.4, 0.5) is 11.5 Å². The SMILES string of the molecule is CCc1cccc(C)c1Nc1cc(C(=O)O)c(Cl)cn1. The van der Waals surface area contributed by atoms with Crippen molar-refractivity contribution in [3.63, 3.8) is 0 Å². The Kier molecular flexibility index (Phi) is 4.25. The van der Waals surface area contributed by atoms with Gasteiger partial charge in [0.1, 0.15) is 5.82 Å². The third kappa shape index (κ3) is 2.91. The molecule has 4 nitrogen and oxygen atoms in total. The molecule has 0 spiro atoms. The maximum atomic E-state index is 11.1. The third-order valence-corrected chi connectivity index (χ3v) is 3.38. The van der Waals surface area contributed by atoms with Gasteiger partial charge < -0.3 is 10.4 Å². The number of para-hydroxylation sites is 1. The highest BCUT2D eigenvalue weighted by Crippen LogP contribution is 2.26. The lowest BCUT2D eigenvalue weighted by molar-refractivity contribution is 0.0697. The van der Waals surface area contributed by atoms with Gasteiger partial charge in [-0.25, -0.2) is 9.78 Å². The van der Waals surface area contributed by atoms with Gasteiger partial charge in [0, 0.05) is 11.9 Å². The van der Waals surface area contributed by atoms with Gasteiger partial charge in [0.25, 0.3) is 0 Å². The molecule has 0 saturated carbocycles. The molecule has 0 aliphatic carbocycles. The number of aryl methyl sites for hydroxylation is 2. The van der Waals surface area contributed by atoms with Gasteiger partial charge in [-0.2, -0.15) is 0 Å². The fourth-order valence-corrected chi connectivity index (χ4v) is 2.19. The number of carbonyl (C=O) groups is 1. The van der Waals surface area contributed by atoms with Crippen LogP contribution >= 0.6 is 11.6 Å². The van der Waals surface area contributed by atoms with E-state index in [0.717, 1.165) is 23.2 Å². The molecule has 0 radical (unpaired) electrons. The van der Waals surface area contributed by atoms with E-state index >= 15 is 0 Å². The van der Waals surface area contributed by atoms with Crippen molar-refractivity contribution in [3.8, 4) is 0 Å². The topological polar surface area (TPSA) is 62.2 Å². The van der Waals surface area contributed by atoms with E-state index in [1.807, 2.05) is 25.1 Å². The van der Waals surface area contributed by atoms with E-state index in [1.165, 1.54) is 12.3 Å². The molecule has 0 aliphatic heterocycles. The van der Waals surface area contributed by atoms with Crippen molar-refractivity contribution in [2.45, 2.75) is 20.3 Å². The predicted molar refractivity (Wildman–Crippen MR) is 80.0 cm³/mol. The van der Waals surface area contributed by atoms with Crippen LogP contribution in [-0.4, -0.2) is 16.1 Å². The number of hydrogen-bond acceptors (Lipinski definition) is 3. The summed E-state index contributed by atoms with van der Waals surface area (Å²) >= 11 is 5.81. The quantitative estimate of drug-likeness (QED) is 0.892. The number of nitrogens with one attached hydrogen (secondary N) is 1. The van der Waals surface area contributed by atoms with E-state index in [0.29, 0.717) is 5.82 Å². The molecule has 104 valence electrons. The number of carboxylic acid groups (broad SMARTS) is 1. The highest BCUT2D eigenvalue weighted by atomic mass is 35.5. The smallest absolute Gasteiger partial charge is 0.337 e. The summed E-state index contributed by atoms with van der Waals surface area (Å²) in [6.45, 7) is 4.06. The van der Waals surface area contributed by atoms with Crippen LogP contribution in [0.15, 0.2) is 30.5 Å². The van der Waals surface area contributed by atoms with E-state index < -0.39 is 5.97 Å². The average molecular weight is 291 g/mol. The molecule has 5 heteroatoms. The van der Waals surface area contributed by atoms with Crippen molar-refractivity contribution < 1.29 is 9.90 Å². The standard InChI is InChI=1S/C15H15ClN2O2/c1-3-10-6-4-5-9(2)14(10)18-13-7-11(15(19)20)12(16)8-17-13/h4-8H,3H2,1-2H3,(H,17,18)(H,19,20). The monoisotopic (exact) mass is 290 g/mol. The first-order valence-corrected chi connectivity index (χ1v) is 6.65. The second-order valence-corrected chi connectivity index (χ2v) is 4.85. The zero-order valence-electron chi connectivity index (χ0n) is 11.3. The maximum absolute atomic E-state index is 11.1. The minimum absolute atomic E-state index is 0.0378. The van der Waals surface area contributed by atoms with Crippen molar-refractivity contribution in [2.75, 3.05) is 5.32 Å². The van der Waals surface area contributed by atoms with E-state index in [9.17, 15) is 4.79 Å². The number of aromatic carboxylic acids is 1. The number of aromatic nitrogens is 1. The number of anilines is 2. The number of nitrogens with zero attached hydrogens (tertiary/aromatic N) is 1. The molecule has 0 bridgehead atoms. The van der Waals surface area contributed by atoms with Gasteiger partial charge in [-0.1, -0.05) is 36.7 Å². The van der Waals surface area contributed by atoms with Crippen LogP contribution < -0.4 is 5.32 Å². The molecular formula is C15H15ClN2O2. The second kappa shape index (κ2) is 5.92. The first kappa shape index (κ1) is 14.3. The number of hydrogen-bond donors (Lipinski definition) is 2. The lowest BCUT2D eigenvalue weighted by Crippen LogP contribution is -2.03. The van der Waals surface area contributed by atoms with Crippen LogP contribution in [0, 0.1) is 6.92 Å². The van der Waals surface area contributed by atoms with Gasteiger partial charge >= 0.3 is 5.97 Å². The zero-order valence-corrected chi connectivity index (χ0v) is 12.0. The molecule has 2 aromatic rings. The van der Waals surface area contributed by atoms with Gasteiger partial charge in [-0.05, 0) is 30.5 Å². The van der Waals surface area contributed by atoms with E-state index in [-0.39, 0.29) is 10.6 Å². The number of halogens is 1. The molecule has 1 heterocycles. The van der Waals surface area contributed by atoms with Crippen molar-refractivity contribution in [3.05, 3.63) is 52.2 Å². The Bertz CT molecular complexity index is 656. The lowest BCUT2D eigenvalue weighted by atomic mass is 10.1. The molecule has 2 rings (SSSR count). The van der Waals surface area contributed by atoms with E-state index in [1.54, 1.807) is 0 Å². The van der Waals surface area contributed by atoms with Crippen LogP contribution in [0.5, 0.6) is 0 Å². The van der Waals surface area contributed by atoms with Crippen LogP contribution in [0.25, 0.3) is 0 Å². The van der Waals surface area contributed by atoms with Gasteiger partial charge in [-0.15, -0.1) is 0 Å². The van der Waals surface area contributed by atoms with Crippen molar-refractivity contribution in [2.24, 2.45) is 0 Å². The molecule has 0 saturated heterocycles. The number of pyridine rings is 1. The van der Waals surface area contributed by atoms with Gasteiger partial charge in [-0.3, -0.25) is 0 Å². The highest BCUT2D eigenvalue weighted by Gasteiger charge is 2.12. The maximum Gasteiger partial charge on any atom is 0.337 e. The Morgan fingerprint density at radius 3 is 2.85 bits per heavy atom. The first-order valence-electron chi connectivity index (χ1n) is 6.27. The van der Waals surface area contributed by atoms with Crippen molar-refractivity contribution in [1.29, 1.82) is 0 Å². The summed E-state index contributed by atoms with van der Waals surface area (Å²) in [6, 6.07) is 7.47. The third-order valence-electron chi connectivity index (χ3n) is 3.08. The van der Waals surface area contributed by atoms with Gasteiger partial charge in [0.15, 0.2) is 0 Å².